The number of carbonyl (C=O) groups is 2. The minimum absolute atomic E-state index is 0.00753. The molecule has 2 heterocycles. The lowest BCUT2D eigenvalue weighted by atomic mass is 10.1. The maximum atomic E-state index is 12.6. The number of rotatable bonds is 4. The van der Waals surface area contributed by atoms with Gasteiger partial charge in [-0.2, -0.15) is 0 Å². The summed E-state index contributed by atoms with van der Waals surface area (Å²) in [5, 5.41) is -0.553. The van der Waals surface area contributed by atoms with Crippen molar-refractivity contribution in [3.05, 3.63) is 0 Å². The molecule has 2 aliphatic heterocycles. The first-order valence-corrected chi connectivity index (χ1v) is 9.68. The number of nitrogens with zero attached hydrogens (tertiary/aromatic N) is 2. The first kappa shape index (κ1) is 18.2. The number of carbonyl (C=O) groups excluding carboxylic acids is 2. The van der Waals surface area contributed by atoms with Crippen molar-refractivity contribution in [1.29, 1.82) is 0 Å². The smallest absolute Gasteiger partial charge is 0.228 e. The van der Waals surface area contributed by atoms with E-state index in [0.717, 1.165) is 0 Å². The van der Waals surface area contributed by atoms with Crippen LogP contribution in [0.2, 0.25) is 0 Å². The monoisotopic (exact) mass is 345 g/mol. The van der Waals surface area contributed by atoms with Gasteiger partial charge in [-0.1, -0.05) is 6.92 Å². The van der Waals surface area contributed by atoms with Gasteiger partial charge >= 0.3 is 0 Å². The van der Waals surface area contributed by atoms with Crippen LogP contribution in [0.25, 0.3) is 0 Å². The zero-order valence-electron chi connectivity index (χ0n) is 14.3. The SMILES string of the molecule is CCNS(=O)(=O)C1CCN(C(=O)C2CC(=O)N(C(C)(C)C)C2)C1. The molecule has 0 aromatic rings. The fourth-order valence-corrected chi connectivity index (χ4v) is 4.71. The van der Waals surface area contributed by atoms with Gasteiger partial charge in [0.15, 0.2) is 0 Å². The van der Waals surface area contributed by atoms with E-state index >= 15 is 0 Å². The third kappa shape index (κ3) is 3.85. The minimum Gasteiger partial charge on any atom is -0.341 e. The van der Waals surface area contributed by atoms with Gasteiger partial charge in [0.1, 0.15) is 0 Å². The Morgan fingerprint density at radius 1 is 1.30 bits per heavy atom. The lowest BCUT2D eigenvalue weighted by molar-refractivity contribution is -0.135. The van der Waals surface area contributed by atoms with Gasteiger partial charge in [0.2, 0.25) is 21.8 Å². The number of nitrogens with one attached hydrogen (secondary N) is 1. The van der Waals surface area contributed by atoms with Gasteiger partial charge in [0.25, 0.3) is 0 Å². The van der Waals surface area contributed by atoms with Crippen molar-refractivity contribution >= 4 is 21.8 Å². The Balaban J connectivity index is 2.00. The molecule has 1 N–H and O–H groups in total. The van der Waals surface area contributed by atoms with E-state index in [0.29, 0.717) is 26.1 Å². The van der Waals surface area contributed by atoms with Crippen molar-refractivity contribution in [2.24, 2.45) is 5.92 Å². The molecule has 0 spiro atoms. The van der Waals surface area contributed by atoms with Crippen LogP contribution in [0.5, 0.6) is 0 Å². The Hall–Kier alpha value is -1.15. The van der Waals surface area contributed by atoms with Gasteiger partial charge in [-0.05, 0) is 27.2 Å². The molecule has 0 aromatic heterocycles. The number of hydrogen-bond acceptors (Lipinski definition) is 4. The van der Waals surface area contributed by atoms with Crippen LogP contribution in [0.15, 0.2) is 0 Å². The largest absolute Gasteiger partial charge is 0.341 e. The van der Waals surface area contributed by atoms with Gasteiger partial charge in [-0.3, -0.25) is 9.59 Å². The summed E-state index contributed by atoms with van der Waals surface area (Å²) in [6.45, 7) is 9.02. The van der Waals surface area contributed by atoms with Gasteiger partial charge in [0, 0.05) is 38.1 Å². The van der Waals surface area contributed by atoms with Crippen molar-refractivity contribution in [2.75, 3.05) is 26.2 Å². The molecule has 8 heteroatoms. The van der Waals surface area contributed by atoms with Crippen LogP contribution in [-0.2, 0) is 19.6 Å². The van der Waals surface area contributed by atoms with Crippen molar-refractivity contribution in [3.63, 3.8) is 0 Å². The standard InChI is InChI=1S/C15H27N3O4S/c1-5-16-23(21,22)12-6-7-17(10-12)14(20)11-8-13(19)18(9-11)15(2,3)4/h11-12,16H,5-10H2,1-4H3. The quantitative estimate of drug-likeness (QED) is 0.787. The van der Waals surface area contributed by atoms with Crippen LogP contribution in [0, 0.1) is 5.92 Å². The molecule has 2 fully saturated rings. The lowest BCUT2D eigenvalue weighted by Gasteiger charge is -2.32. The number of likely N-dealkylation sites (tertiary alicyclic amines) is 2. The number of sulfonamides is 1. The molecule has 2 unspecified atom stereocenters. The molecule has 7 nitrogen and oxygen atoms in total. The van der Waals surface area contributed by atoms with E-state index in [4.69, 9.17) is 0 Å². The summed E-state index contributed by atoms with van der Waals surface area (Å²) in [5.41, 5.74) is -0.298. The van der Waals surface area contributed by atoms with Gasteiger partial charge < -0.3 is 9.80 Å². The first-order valence-electron chi connectivity index (χ1n) is 8.14. The first-order chi connectivity index (χ1) is 10.6. The van der Waals surface area contributed by atoms with E-state index in [1.807, 2.05) is 20.8 Å². The van der Waals surface area contributed by atoms with E-state index in [2.05, 4.69) is 4.72 Å². The normalized spacial score (nSPS) is 26.2. The van der Waals surface area contributed by atoms with Crippen molar-refractivity contribution in [3.8, 4) is 0 Å². The molecule has 2 aliphatic rings. The molecule has 2 saturated heterocycles. The molecular formula is C15H27N3O4S. The van der Waals surface area contributed by atoms with Crippen molar-refractivity contribution in [1.82, 2.24) is 14.5 Å². The second-order valence-electron chi connectivity index (χ2n) is 7.31. The highest BCUT2D eigenvalue weighted by molar-refractivity contribution is 7.90. The van der Waals surface area contributed by atoms with Gasteiger partial charge in [-0.25, -0.2) is 13.1 Å². The molecule has 0 saturated carbocycles. The van der Waals surface area contributed by atoms with E-state index in [1.54, 1.807) is 16.7 Å². The summed E-state index contributed by atoms with van der Waals surface area (Å²) in [5.74, 6) is -0.464. The molecule has 132 valence electrons. The zero-order valence-corrected chi connectivity index (χ0v) is 15.1. The molecule has 0 bridgehead atoms. The molecule has 0 aliphatic carbocycles. The lowest BCUT2D eigenvalue weighted by Crippen LogP contribution is -2.44. The maximum absolute atomic E-state index is 12.6. The van der Waals surface area contributed by atoms with Gasteiger partial charge in [0.05, 0.1) is 11.2 Å². The minimum atomic E-state index is -3.37. The third-order valence-corrected chi connectivity index (χ3v) is 6.48. The molecular weight excluding hydrogens is 318 g/mol. The summed E-state index contributed by atoms with van der Waals surface area (Å²) in [7, 11) is -3.37. The maximum Gasteiger partial charge on any atom is 0.228 e. The van der Waals surface area contributed by atoms with E-state index < -0.39 is 15.3 Å². The van der Waals surface area contributed by atoms with E-state index in [1.165, 1.54) is 0 Å². The zero-order chi connectivity index (χ0) is 17.4. The topological polar surface area (TPSA) is 86.8 Å². The predicted octanol–water partition coefficient (Wildman–Crippen LogP) is 0.174. The molecule has 23 heavy (non-hydrogen) atoms. The van der Waals surface area contributed by atoms with Crippen LogP contribution in [0.3, 0.4) is 0 Å². The number of amides is 2. The third-order valence-electron chi connectivity index (χ3n) is 4.53. The Bertz CT molecular complexity index is 582. The molecule has 2 rings (SSSR count). The van der Waals surface area contributed by atoms with Crippen molar-refractivity contribution in [2.45, 2.75) is 51.3 Å². The second-order valence-corrected chi connectivity index (χ2v) is 9.36. The molecule has 2 amide bonds. The fourth-order valence-electron chi connectivity index (χ4n) is 3.28. The Labute approximate surface area is 138 Å². The summed E-state index contributed by atoms with van der Waals surface area (Å²) in [4.78, 5) is 28.1. The Kier molecular flexibility index (Phi) is 5.06. The highest BCUT2D eigenvalue weighted by Crippen LogP contribution is 2.28. The van der Waals surface area contributed by atoms with Crippen LogP contribution < -0.4 is 4.72 Å². The van der Waals surface area contributed by atoms with Crippen LogP contribution in [0.4, 0.5) is 0 Å². The van der Waals surface area contributed by atoms with Crippen LogP contribution in [0.1, 0.15) is 40.5 Å². The van der Waals surface area contributed by atoms with E-state index in [-0.39, 0.29) is 36.2 Å². The Morgan fingerprint density at radius 3 is 2.48 bits per heavy atom. The highest BCUT2D eigenvalue weighted by Gasteiger charge is 2.43. The number of hydrogen-bond donors (Lipinski definition) is 1. The predicted molar refractivity (Wildman–Crippen MR) is 87.2 cm³/mol. The average Bonchev–Trinajstić information content (AvgIpc) is 3.03. The average molecular weight is 345 g/mol. The molecule has 0 aromatic carbocycles. The summed E-state index contributed by atoms with van der Waals surface area (Å²) in [6.07, 6.45) is 0.669. The molecule has 2 atom stereocenters. The summed E-state index contributed by atoms with van der Waals surface area (Å²) < 4.78 is 26.6. The highest BCUT2D eigenvalue weighted by atomic mass is 32.2. The van der Waals surface area contributed by atoms with Gasteiger partial charge in [-0.15, -0.1) is 0 Å². The summed E-state index contributed by atoms with van der Waals surface area (Å²) >= 11 is 0. The second kappa shape index (κ2) is 6.39. The fraction of sp³-hybridized carbons (Fsp3) is 0.867. The van der Waals surface area contributed by atoms with Crippen LogP contribution in [-0.4, -0.2) is 67.0 Å². The Morgan fingerprint density at radius 2 is 1.96 bits per heavy atom. The molecule has 0 radical (unpaired) electrons. The summed E-state index contributed by atoms with van der Waals surface area (Å²) in [6, 6.07) is 0. The van der Waals surface area contributed by atoms with Crippen molar-refractivity contribution < 1.29 is 18.0 Å². The van der Waals surface area contributed by atoms with Crippen LogP contribution >= 0.6 is 0 Å². The van der Waals surface area contributed by atoms with E-state index in [9.17, 15) is 18.0 Å².